The number of carbonyl (C=O) groups excluding carboxylic acids is 1. The summed E-state index contributed by atoms with van der Waals surface area (Å²) in [6, 6.07) is 0. The maximum absolute atomic E-state index is 12.8. The molecular weight excluding hydrogens is 860 g/mol. The number of esters is 1. The van der Waals surface area contributed by atoms with Gasteiger partial charge in [-0.15, -0.1) is 0 Å². The van der Waals surface area contributed by atoms with Gasteiger partial charge in [0.2, 0.25) is 0 Å². The molecule has 0 aromatic heterocycles. The first-order chi connectivity index (χ1) is 32.0. The Labute approximate surface area is 399 Å². The molecule has 0 bridgehead atoms. The van der Waals surface area contributed by atoms with E-state index >= 15 is 0 Å². The van der Waals surface area contributed by atoms with Crippen molar-refractivity contribution in [1.82, 2.24) is 0 Å². The van der Waals surface area contributed by atoms with Gasteiger partial charge >= 0.3 is 13.8 Å². The first-order valence-corrected chi connectivity index (χ1v) is 26.9. The zero-order chi connectivity index (χ0) is 48.4. The van der Waals surface area contributed by atoms with E-state index in [2.05, 4.69) is 74.6 Å². The Bertz CT molecular complexity index is 1410. The third kappa shape index (κ3) is 33.9. The fourth-order valence-electron chi connectivity index (χ4n) is 7.28. The second-order valence-corrected chi connectivity index (χ2v) is 18.7. The van der Waals surface area contributed by atoms with Crippen LogP contribution in [0.3, 0.4) is 0 Å². The maximum Gasteiger partial charge on any atom is 0.472 e. The molecule has 6 N–H and O–H groups in total. The summed E-state index contributed by atoms with van der Waals surface area (Å²) >= 11 is 0. The Morgan fingerprint density at radius 2 is 0.894 bits per heavy atom. The van der Waals surface area contributed by atoms with E-state index in [1.54, 1.807) is 6.08 Å². The molecule has 0 aromatic rings. The van der Waals surface area contributed by atoms with Gasteiger partial charge in [0.1, 0.15) is 42.7 Å². The zero-order valence-electron chi connectivity index (χ0n) is 40.7. The average molecular weight is 951 g/mol. The molecule has 0 aliphatic heterocycles. The number of hydrogen-bond donors (Lipinski definition) is 6. The van der Waals surface area contributed by atoms with Gasteiger partial charge in [-0.1, -0.05) is 189 Å². The number of unbranched alkanes of at least 4 members (excludes halogenated alkanes) is 17. The van der Waals surface area contributed by atoms with E-state index in [0.29, 0.717) is 13.0 Å². The molecule has 1 aliphatic carbocycles. The molecule has 1 aliphatic rings. The SMILES string of the molecule is CC/C=C\C/C=C\C/C=C\C/C=C\C/C=C\CC(=O)OC(COCCCCCCCCCCCCCC/C=C\C/C=C\CCCCCCC)COP(=O)(O)OC1C(O)C(O)C(O)C(O)C1O. The summed E-state index contributed by atoms with van der Waals surface area (Å²) in [5.74, 6) is -0.606. The maximum atomic E-state index is 12.8. The van der Waals surface area contributed by atoms with Crippen molar-refractivity contribution >= 4 is 13.8 Å². The van der Waals surface area contributed by atoms with Crippen LogP contribution < -0.4 is 0 Å². The topological polar surface area (TPSA) is 192 Å². The van der Waals surface area contributed by atoms with Crippen molar-refractivity contribution in [2.75, 3.05) is 19.8 Å². The van der Waals surface area contributed by atoms with E-state index < -0.39 is 63.1 Å². The van der Waals surface area contributed by atoms with Crippen molar-refractivity contribution in [3.63, 3.8) is 0 Å². The zero-order valence-corrected chi connectivity index (χ0v) is 41.6. The monoisotopic (exact) mass is 951 g/mol. The second kappa shape index (κ2) is 42.6. The van der Waals surface area contributed by atoms with E-state index in [-0.39, 0.29) is 13.0 Å². The summed E-state index contributed by atoms with van der Waals surface area (Å²) < 4.78 is 34.1. The Morgan fingerprint density at radius 1 is 0.500 bits per heavy atom. The summed E-state index contributed by atoms with van der Waals surface area (Å²) in [6.45, 7) is 4.02. The number of phosphoric ester groups is 1. The Hall–Kier alpha value is -2.48. The van der Waals surface area contributed by atoms with Crippen LogP contribution in [0.15, 0.2) is 85.1 Å². The number of rotatable bonds is 42. The predicted molar refractivity (Wildman–Crippen MR) is 267 cm³/mol. The molecule has 1 rings (SSSR count). The van der Waals surface area contributed by atoms with Crippen LogP contribution in [0.4, 0.5) is 0 Å². The van der Waals surface area contributed by atoms with E-state index in [9.17, 15) is 39.8 Å². The lowest BCUT2D eigenvalue weighted by atomic mass is 9.85. The lowest BCUT2D eigenvalue weighted by Gasteiger charge is -2.41. The number of aliphatic hydroxyl groups is 5. The molecule has 0 aromatic carbocycles. The number of hydrogen-bond acceptors (Lipinski definition) is 11. The molecule has 0 saturated heterocycles. The van der Waals surface area contributed by atoms with Crippen LogP contribution >= 0.6 is 7.82 Å². The largest absolute Gasteiger partial charge is 0.472 e. The summed E-state index contributed by atoms with van der Waals surface area (Å²) in [6.07, 6.45) is 45.4. The minimum Gasteiger partial charge on any atom is -0.457 e. The summed E-state index contributed by atoms with van der Waals surface area (Å²) in [4.78, 5) is 23.1. The number of ether oxygens (including phenoxy) is 2. The van der Waals surface area contributed by atoms with Crippen LogP contribution in [-0.4, -0.2) is 98.9 Å². The molecule has 0 spiro atoms. The lowest BCUT2D eigenvalue weighted by Crippen LogP contribution is -2.64. The van der Waals surface area contributed by atoms with Gasteiger partial charge in [0.15, 0.2) is 0 Å². The van der Waals surface area contributed by atoms with Gasteiger partial charge in [0, 0.05) is 6.61 Å². The molecule has 380 valence electrons. The Balaban J connectivity index is 2.36. The molecule has 6 atom stereocenters. The van der Waals surface area contributed by atoms with Gasteiger partial charge < -0.3 is 39.9 Å². The average Bonchev–Trinajstić information content (AvgIpc) is 3.30. The standard InChI is InChI=1S/C53H91O12P/c1-3-5-7-9-11-13-15-17-19-20-21-22-23-24-25-26-27-29-31-33-35-37-39-41-43-62-44-46(45-63-66(60,61)65-53-51(58)49(56)48(55)50(57)52(53)59)64-47(54)42-40-38-36-34-32-30-28-18-16-14-12-10-8-6-4-2/h6,8,12,14-15,17-18,20-21,28,32,34,38,40,46,48-53,55-59H,3-5,7,9-11,13,16,19,22-27,29-31,33,35-37,39,41-45H2,1-2H3,(H,60,61)/b8-6-,14-12-,17-15-,21-20-,28-18-,34-32-,40-38-. The van der Waals surface area contributed by atoms with E-state index in [4.69, 9.17) is 18.5 Å². The van der Waals surface area contributed by atoms with Gasteiger partial charge in [-0.3, -0.25) is 13.8 Å². The van der Waals surface area contributed by atoms with Gasteiger partial charge in [-0.05, 0) is 70.6 Å². The van der Waals surface area contributed by atoms with Crippen molar-refractivity contribution < 1.29 is 58.3 Å². The quantitative estimate of drug-likeness (QED) is 0.0147. The van der Waals surface area contributed by atoms with Crippen LogP contribution in [0, 0.1) is 0 Å². The molecule has 0 radical (unpaired) electrons. The van der Waals surface area contributed by atoms with Crippen LogP contribution in [-0.2, 0) is 27.9 Å². The highest BCUT2D eigenvalue weighted by atomic mass is 31.2. The first kappa shape index (κ1) is 61.5. The van der Waals surface area contributed by atoms with E-state index in [1.165, 1.54) is 96.3 Å². The lowest BCUT2D eigenvalue weighted by molar-refractivity contribution is -0.220. The van der Waals surface area contributed by atoms with E-state index in [0.717, 1.165) is 57.8 Å². The van der Waals surface area contributed by atoms with E-state index in [1.807, 2.05) is 18.2 Å². The third-order valence-corrected chi connectivity index (χ3v) is 12.3. The van der Waals surface area contributed by atoms with Crippen molar-refractivity contribution in [3.8, 4) is 0 Å². The van der Waals surface area contributed by atoms with Crippen molar-refractivity contribution in [1.29, 1.82) is 0 Å². The van der Waals surface area contributed by atoms with Gasteiger partial charge in [0.05, 0.1) is 19.6 Å². The molecule has 1 fully saturated rings. The highest BCUT2D eigenvalue weighted by molar-refractivity contribution is 7.47. The fraction of sp³-hybridized carbons (Fsp3) is 0.717. The van der Waals surface area contributed by atoms with Crippen molar-refractivity contribution in [3.05, 3.63) is 85.1 Å². The molecule has 6 unspecified atom stereocenters. The number of carbonyl (C=O) groups is 1. The summed E-state index contributed by atoms with van der Waals surface area (Å²) in [5.41, 5.74) is 0. The molecule has 66 heavy (non-hydrogen) atoms. The molecular formula is C53H91O12P. The fourth-order valence-corrected chi connectivity index (χ4v) is 8.26. The number of phosphoric acid groups is 1. The van der Waals surface area contributed by atoms with Gasteiger partial charge in [0.25, 0.3) is 0 Å². The predicted octanol–water partition coefficient (Wildman–Crippen LogP) is 11.3. The molecule has 13 heteroatoms. The van der Waals surface area contributed by atoms with Crippen LogP contribution in [0.1, 0.15) is 181 Å². The van der Waals surface area contributed by atoms with Crippen LogP contribution in [0.25, 0.3) is 0 Å². The van der Waals surface area contributed by atoms with Crippen molar-refractivity contribution in [2.45, 2.75) is 224 Å². The highest BCUT2D eigenvalue weighted by Gasteiger charge is 2.51. The second-order valence-electron chi connectivity index (χ2n) is 17.3. The smallest absolute Gasteiger partial charge is 0.457 e. The molecule has 12 nitrogen and oxygen atoms in total. The molecule has 0 heterocycles. The summed E-state index contributed by atoms with van der Waals surface area (Å²) in [5, 5.41) is 50.2. The van der Waals surface area contributed by atoms with Crippen LogP contribution in [0.2, 0.25) is 0 Å². The number of aliphatic hydroxyl groups excluding tert-OH is 5. The number of allylic oxidation sites excluding steroid dienone is 13. The van der Waals surface area contributed by atoms with Gasteiger partial charge in [-0.2, -0.15) is 0 Å². The highest BCUT2D eigenvalue weighted by Crippen LogP contribution is 2.47. The molecule has 0 amide bonds. The Kier molecular flexibility index (Phi) is 39.7. The van der Waals surface area contributed by atoms with Crippen LogP contribution in [0.5, 0.6) is 0 Å². The van der Waals surface area contributed by atoms with Crippen molar-refractivity contribution in [2.24, 2.45) is 0 Å². The third-order valence-electron chi connectivity index (χ3n) is 11.3. The minimum atomic E-state index is -5.05. The first-order valence-electron chi connectivity index (χ1n) is 25.4. The normalized spacial score (nSPS) is 22.1. The summed E-state index contributed by atoms with van der Waals surface area (Å²) in [7, 11) is -5.05. The minimum absolute atomic E-state index is 0.0501. The van der Waals surface area contributed by atoms with Gasteiger partial charge in [-0.25, -0.2) is 4.57 Å². The Morgan fingerprint density at radius 3 is 1.36 bits per heavy atom. The molecule has 1 saturated carbocycles.